The molecule has 2 rings (SSSR count). The summed E-state index contributed by atoms with van der Waals surface area (Å²) in [5, 5.41) is 16.8. The minimum atomic E-state index is -0.440. The van der Waals surface area contributed by atoms with E-state index in [0.717, 1.165) is 32.5 Å². The van der Waals surface area contributed by atoms with Gasteiger partial charge in [0.2, 0.25) is 0 Å². The summed E-state index contributed by atoms with van der Waals surface area (Å²) in [5.74, 6) is 4.96. The molecule has 4 N–H and O–H groups in total. The van der Waals surface area contributed by atoms with E-state index in [1.807, 2.05) is 5.43 Å². The fraction of sp³-hybridized carbons (Fsp3) is 0.727. The molecule has 1 aliphatic heterocycles. The fourth-order valence-electron chi connectivity index (χ4n) is 2.33. The van der Waals surface area contributed by atoms with Crippen LogP contribution in [-0.4, -0.2) is 57.1 Å². The standard InChI is InChI=1S/C11H20N6O2/c12-13-11(19)10-7-17(15-14-10)5-4-16-3-1-2-9(6-16)8-18/h7,9,18H,1-6,8,12H2,(H,13,19). The van der Waals surface area contributed by atoms with Crippen molar-refractivity contribution in [2.75, 3.05) is 26.2 Å². The van der Waals surface area contributed by atoms with Gasteiger partial charge < -0.3 is 10.0 Å². The molecule has 1 amide bonds. The van der Waals surface area contributed by atoms with Crippen molar-refractivity contribution in [1.29, 1.82) is 0 Å². The number of hydrazine groups is 1. The zero-order valence-electron chi connectivity index (χ0n) is 10.8. The molecule has 1 aromatic rings. The van der Waals surface area contributed by atoms with Crippen LogP contribution < -0.4 is 11.3 Å². The maximum Gasteiger partial charge on any atom is 0.287 e. The van der Waals surface area contributed by atoms with Crippen LogP contribution in [0.2, 0.25) is 0 Å². The molecule has 0 aliphatic carbocycles. The molecule has 1 atom stereocenters. The molecular weight excluding hydrogens is 248 g/mol. The lowest BCUT2D eigenvalue weighted by Gasteiger charge is -2.31. The van der Waals surface area contributed by atoms with Crippen molar-refractivity contribution < 1.29 is 9.90 Å². The minimum Gasteiger partial charge on any atom is -0.396 e. The smallest absolute Gasteiger partial charge is 0.287 e. The summed E-state index contributed by atoms with van der Waals surface area (Å²) in [4.78, 5) is 13.5. The minimum absolute atomic E-state index is 0.217. The van der Waals surface area contributed by atoms with E-state index in [9.17, 15) is 9.90 Å². The third-order valence-corrected chi connectivity index (χ3v) is 3.41. The van der Waals surface area contributed by atoms with Crippen molar-refractivity contribution in [3.8, 4) is 0 Å². The maximum absolute atomic E-state index is 11.2. The highest BCUT2D eigenvalue weighted by Gasteiger charge is 2.19. The van der Waals surface area contributed by atoms with Crippen LogP contribution in [-0.2, 0) is 6.54 Å². The lowest BCUT2D eigenvalue weighted by atomic mass is 9.99. The molecule has 1 unspecified atom stereocenters. The van der Waals surface area contributed by atoms with Gasteiger partial charge in [0.1, 0.15) is 0 Å². The molecule has 8 nitrogen and oxygen atoms in total. The largest absolute Gasteiger partial charge is 0.396 e. The number of aliphatic hydroxyl groups excluding tert-OH is 1. The summed E-state index contributed by atoms with van der Waals surface area (Å²) >= 11 is 0. The van der Waals surface area contributed by atoms with Crippen molar-refractivity contribution in [1.82, 2.24) is 25.3 Å². The monoisotopic (exact) mass is 268 g/mol. The van der Waals surface area contributed by atoms with Crippen LogP contribution in [0.15, 0.2) is 6.20 Å². The molecular formula is C11H20N6O2. The van der Waals surface area contributed by atoms with Gasteiger partial charge in [0.05, 0.1) is 12.7 Å². The van der Waals surface area contributed by atoms with Gasteiger partial charge >= 0.3 is 0 Å². The van der Waals surface area contributed by atoms with E-state index < -0.39 is 5.91 Å². The fourth-order valence-corrected chi connectivity index (χ4v) is 2.33. The Morgan fingerprint density at radius 3 is 3.16 bits per heavy atom. The predicted molar refractivity (Wildman–Crippen MR) is 67.9 cm³/mol. The predicted octanol–water partition coefficient (Wildman–Crippen LogP) is -1.41. The molecule has 8 heteroatoms. The molecule has 1 fully saturated rings. The zero-order chi connectivity index (χ0) is 13.7. The number of nitrogens with two attached hydrogens (primary N) is 1. The highest BCUT2D eigenvalue weighted by Crippen LogP contribution is 2.15. The number of hydrogen-bond acceptors (Lipinski definition) is 6. The summed E-state index contributed by atoms with van der Waals surface area (Å²) < 4.78 is 1.63. The zero-order valence-corrected chi connectivity index (χ0v) is 10.8. The van der Waals surface area contributed by atoms with Crippen LogP contribution in [0, 0.1) is 5.92 Å². The highest BCUT2D eigenvalue weighted by molar-refractivity contribution is 5.91. The number of rotatable bonds is 5. The second kappa shape index (κ2) is 6.60. The Kier molecular flexibility index (Phi) is 4.83. The first-order valence-electron chi connectivity index (χ1n) is 6.47. The van der Waals surface area contributed by atoms with Crippen LogP contribution in [0.5, 0.6) is 0 Å². The van der Waals surface area contributed by atoms with Gasteiger partial charge in [-0.25, -0.2) is 5.84 Å². The SMILES string of the molecule is NNC(=O)c1cn(CCN2CCCC(CO)C2)nn1. The average molecular weight is 268 g/mol. The number of amides is 1. The first-order valence-corrected chi connectivity index (χ1v) is 6.47. The molecule has 1 aromatic heterocycles. The van der Waals surface area contributed by atoms with E-state index >= 15 is 0 Å². The number of aliphatic hydroxyl groups is 1. The van der Waals surface area contributed by atoms with Crippen LogP contribution in [0.4, 0.5) is 0 Å². The van der Waals surface area contributed by atoms with Gasteiger partial charge in [-0.15, -0.1) is 5.10 Å². The van der Waals surface area contributed by atoms with E-state index in [0.29, 0.717) is 12.5 Å². The van der Waals surface area contributed by atoms with E-state index in [2.05, 4.69) is 15.2 Å². The number of nitrogen functional groups attached to an aromatic ring is 1. The number of likely N-dealkylation sites (tertiary alicyclic amines) is 1. The van der Waals surface area contributed by atoms with Crippen LogP contribution in [0.3, 0.4) is 0 Å². The number of piperidine rings is 1. The quantitative estimate of drug-likeness (QED) is 0.344. The van der Waals surface area contributed by atoms with Gasteiger partial charge in [-0.1, -0.05) is 5.21 Å². The lowest BCUT2D eigenvalue weighted by molar-refractivity contribution is 0.0948. The lowest BCUT2D eigenvalue weighted by Crippen LogP contribution is -2.38. The van der Waals surface area contributed by atoms with E-state index in [1.54, 1.807) is 10.9 Å². The van der Waals surface area contributed by atoms with E-state index in [1.165, 1.54) is 0 Å². The molecule has 0 saturated carbocycles. The third-order valence-electron chi connectivity index (χ3n) is 3.41. The van der Waals surface area contributed by atoms with Crippen LogP contribution in [0.25, 0.3) is 0 Å². The van der Waals surface area contributed by atoms with Crippen molar-refractivity contribution in [3.63, 3.8) is 0 Å². The van der Waals surface area contributed by atoms with Crippen LogP contribution >= 0.6 is 0 Å². The Morgan fingerprint density at radius 2 is 2.42 bits per heavy atom. The molecule has 0 aromatic carbocycles. The van der Waals surface area contributed by atoms with Crippen molar-refractivity contribution in [3.05, 3.63) is 11.9 Å². The van der Waals surface area contributed by atoms with E-state index in [-0.39, 0.29) is 12.3 Å². The Balaban J connectivity index is 1.81. The number of hydrogen-bond donors (Lipinski definition) is 3. The number of nitrogens with zero attached hydrogens (tertiary/aromatic N) is 4. The summed E-state index contributed by atoms with van der Waals surface area (Å²) in [6.45, 7) is 3.72. The first kappa shape index (κ1) is 13.9. The van der Waals surface area contributed by atoms with Gasteiger partial charge in [-0.2, -0.15) is 0 Å². The van der Waals surface area contributed by atoms with Gasteiger partial charge in [0.15, 0.2) is 5.69 Å². The molecule has 1 aliphatic rings. The molecule has 106 valence electrons. The molecule has 0 spiro atoms. The Morgan fingerprint density at radius 1 is 1.58 bits per heavy atom. The Hall–Kier alpha value is -1.51. The molecule has 0 radical (unpaired) electrons. The Bertz CT molecular complexity index is 421. The maximum atomic E-state index is 11.2. The average Bonchev–Trinajstić information content (AvgIpc) is 2.93. The highest BCUT2D eigenvalue weighted by atomic mass is 16.3. The number of aromatic nitrogens is 3. The van der Waals surface area contributed by atoms with Gasteiger partial charge in [-0.3, -0.25) is 14.9 Å². The van der Waals surface area contributed by atoms with Gasteiger partial charge in [-0.05, 0) is 25.3 Å². The molecule has 2 heterocycles. The number of carbonyl (C=O) groups excluding carboxylic acids is 1. The summed E-state index contributed by atoms with van der Waals surface area (Å²) in [6, 6.07) is 0. The summed E-state index contributed by atoms with van der Waals surface area (Å²) in [5.41, 5.74) is 2.24. The van der Waals surface area contributed by atoms with Crippen molar-refractivity contribution >= 4 is 5.91 Å². The molecule has 19 heavy (non-hydrogen) atoms. The summed E-state index contributed by atoms with van der Waals surface area (Å²) in [7, 11) is 0. The van der Waals surface area contributed by atoms with E-state index in [4.69, 9.17) is 5.84 Å². The number of nitrogens with one attached hydrogen (secondary N) is 1. The summed E-state index contributed by atoms with van der Waals surface area (Å²) in [6.07, 6.45) is 3.79. The van der Waals surface area contributed by atoms with Crippen molar-refractivity contribution in [2.45, 2.75) is 19.4 Å². The van der Waals surface area contributed by atoms with Crippen LogP contribution in [0.1, 0.15) is 23.3 Å². The molecule has 1 saturated heterocycles. The number of carbonyl (C=O) groups is 1. The second-order valence-electron chi connectivity index (χ2n) is 4.83. The normalized spacial score (nSPS) is 20.4. The first-order chi connectivity index (χ1) is 9.22. The van der Waals surface area contributed by atoms with Gasteiger partial charge in [0, 0.05) is 19.7 Å². The Labute approximate surface area is 111 Å². The second-order valence-corrected chi connectivity index (χ2v) is 4.83. The van der Waals surface area contributed by atoms with Gasteiger partial charge in [0.25, 0.3) is 5.91 Å². The van der Waals surface area contributed by atoms with Crippen molar-refractivity contribution in [2.24, 2.45) is 11.8 Å². The molecule has 0 bridgehead atoms. The third kappa shape index (κ3) is 3.72. The topological polar surface area (TPSA) is 109 Å².